The predicted molar refractivity (Wildman–Crippen MR) is 127 cm³/mol. The Kier molecular flexibility index (Phi) is 6.36. The average Bonchev–Trinajstić information content (AvgIpc) is 2.87. The normalized spacial score (nSPS) is 11.6. The van der Waals surface area contributed by atoms with E-state index in [4.69, 9.17) is 14.2 Å². The number of carbonyl (C=O) groups excluding carboxylic acids is 1. The molecule has 168 valence electrons. The van der Waals surface area contributed by atoms with Gasteiger partial charge < -0.3 is 24.6 Å². The monoisotopic (exact) mass is 443 g/mol. The predicted octanol–water partition coefficient (Wildman–Crippen LogP) is 5.09. The molecule has 4 aromatic carbocycles. The summed E-state index contributed by atoms with van der Waals surface area (Å²) in [6.45, 7) is 0. The summed E-state index contributed by atoms with van der Waals surface area (Å²) in [6.07, 6.45) is 0. The molecule has 6 nitrogen and oxygen atoms in total. The van der Waals surface area contributed by atoms with Crippen LogP contribution >= 0.6 is 0 Å². The number of ether oxygens (including phenoxy) is 3. The molecular formula is C27H25NO5. The van der Waals surface area contributed by atoms with E-state index in [0.29, 0.717) is 28.4 Å². The van der Waals surface area contributed by atoms with E-state index in [1.54, 1.807) is 18.2 Å². The van der Waals surface area contributed by atoms with Crippen molar-refractivity contribution in [2.24, 2.45) is 0 Å². The van der Waals surface area contributed by atoms with Crippen molar-refractivity contribution in [2.75, 3.05) is 21.3 Å². The van der Waals surface area contributed by atoms with Gasteiger partial charge in [-0.05, 0) is 34.5 Å². The minimum atomic E-state index is -0.594. The number of fused-ring (bicyclic) bond motifs is 1. The fourth-order valence-electron chi connectivity index (χ4n) is 3.98. The van der Waals surface area contributed by atoms with Crippen LogP contribution in [0.15, 0.2) is 78.9 Å². The first-order valence-electron chi connectivity index (χ1n) is 10.4. The molecule has 4 rings (SSSR count). The minimum Gasteiger partial charge on any atom is -0.508 e. The molecule has 33 heavy (non-hydrogen) atoms. The van der Waals surface area contributed by atoms with Crippen LogP contribution in [0.2, 0.25) is 0 Å². The third-order valence-corrected chi connectivity index (χ3v) is 5.57. The number of hydrogen-bond acceptors (Lipinski definition) is 5. The third-order valence-electron chi connectivity index (χ3n) is 5.57. The topological polar surface area (TPSA) is 77.0 Å². The summed E-state index contributed by atoms with van der Waals surface area (Å²) in [5.41, 5.74) is 1.80. The van der Waals surface area contributed by atoms with Crippen LogP contribution in [0.4, 0.5) is 0 Å². The number of phenols is 1. The lowest BCUT2D eigenvalue weighted by molar-refractivity contribution is 0.0942. The number of benzene rings is 4. The van der Waals surface area contributed by atoms with Crippen LogP contribution in [0.3, 0.4) is 0 Å². The molecule has 4 aromatic rings. The molecule has 0 aromatic heterocycles. The molecule has 0 saturated carbocycles. The smallest absolute Gasteiger partial charge is 0.252 e. The molecule has 0 spiro atoms. The Labute approximate surface area is 192 Å². The van der Waals surface area contributed by atoms with Crippen LogP contribution in [0.1, 0.15) is 27.5 Å². The van der Waals surface area contributed by atoms with Gasteiger partial charge in [-0.15, -0.1) is 0 Å². The summed E-state index contributed by atoms with van der Waals surface area (Å²) in [6, 6.07) is 23.4. The largest absolute Gasteiger partial charge is 0.508 e. The number of carbonyl (C=O) groups is 1. The zero-order valence-electron chi connectivity index (χ0n) is 18.7. The lowest BCUT2D eigenvalue weighted by Crippen LogP contribution is -2.29. The quantitative estimate of drug-likeness (QED) is 0.416. The van der Waals surface area contributed by atoms with Gasteiger partial charge in [-0.2, -0.15) is 0 Å². The Morgan fingerprint density at radius 3 is 2.09 bits per heavy atom. The van der Waals surface area contributed by atoms with Gasteiger partial charge in [0.15, 0.2) is 11.5 Å². The lowest BCUT2D eigenvalue weighted by atomic mass is 9.92. The molecule has 0 aliphatic rings. The standard InChI is InChI=1S/C27H25NO5/c1-31-22-15-19(16-23(32-2)26(22)33-3)27(30)28-25(18-10-5-4-6-11-18)24-20-12-8-7-9-17(20)13-14-21(24)29/h4-16,25,29H,1-3H3,(H,28,30)/t25-/m0/s1. The first-order chi connectivity index (χ1) is 16.1. The SMILES string of the molecule is COc1cc(C(=O)N[C@@H](c2ccccc2)c2c(O)ccc3ccccc23)cc(OC)c1OC. The minimum absolute atomic E-state index is 0.104. The molecular weight excluding hydrogens is 418 g/mol. The van der Waals surface area contributed by atoms with Crippen molar-refractivity contribution in [3.05, 3.63) is 95.6 Å². The van der Waals surface area contributed by atoms with Crippen LogP contribution in [0, 0.1) is 0 Å². The number of phenolic OH excluding ortho intramolecular Hbond substituents is 1. The fourth-order valence-corrected chi connectivity index (χ4v) is 3.98. The molecule has 6 heteroatoms. The first kappa shape index (κ1) is 22.0. The summed E-state index contributed by atoms with van der Waals surface area (Å²) < 4.78 is 16.2. The summed E-state index contributed by atoms with van der Waals surface area (Å²) in [4.78, 5) is 13.4. The van der Waals surface area contributed by atoms with E-state index in [1.807, 2.05) is 60.7 Å². The highest BCUT2D eigenvalue weighted by molar-refractivity contribution is 5.97. The zero-order valence-corrected chi connectivity index (χ0v) is 18.7. The zero-order chi connectivity index (χ0) is 23.4. The second-order valence-electron chi connectivity index (χ2n) is 7.45. The average molecular weight is 443 g/mol. The van der Waals surface area contributed by atoms with Gasteiger partial charge in [-0.3, -0.25) is 4.79 Å². The van der Waals surface area contributed by atoms with Crippen molar-refractivity contribution in [1.82, 2.24) is 5.32 Å². The van der Waals surface area contributed by atoms with Crippen molar-refractivity contribution in [2.45, 2.75) is 6.04 Å². The van der Waals surface area contributed by atoms with Crippen molar-refractivity contribution in [3.8, 4) is 23.0 Å². The van der Waals surface area contributed by atoms with Crippen LogP contribution < -0.4 is 19.5 Å². The number of methoxy groups -OCH3 is 3. The van der Waals surface area contributed by atoms with Gasteiger partial charge >= 0.3 is 0 Å². The van der Waals surface area contributed by atoms with Crippen molar-refractivity contribution in [3.63, 3.8) is 0 Å². The summed E-state index contributed by atoms with van der Waals surface area (Å²) in [5.74, 6) is 0.920. The number of hydrogen-bond donors (Lipinski definition) is 2. The second-order valence-corrected chi connectivity index (χ2v) is 7.45. The maximum Gasteiger partial charge on any atom is 0.252 e. The molecule has 1 amide bonds. The van der Waals surface area contributed by atoms with Gasteiger partial charge in [0.1, 0.15) is 5.75 Å². The lowest BCUT2D eigenvalue weighted by Gasteiger charge is -2.23. The number of nitrogens with one attached hydrogen (secondary N) is 1. The Morgan fingerprint density at radius 2 is 1.45 bits per heavy atom. The van der Waals surface area contributed by atoms with Gasteiger partial charge in [0.05, 0.1) is 27.4 Å². The first-order valence-corrected chi connectivity index (χ1v) is 10.4. The highest BCUT2D eigenvalue weighted by Crippen LogP contribution is 2.39. The van der Waals surface area contributed by atoms with Gasteiger partial charge in [-0.25, -0.2) is 0 Å². The maximum absolute atomic E-state index is 13.4. The van der Waals surface area contributed by atoms with Crippen LogP contribution in [-0.4, -0.2) is 32.3 Å². The molecule has 0 radical (unpaired) electrons. The summed E-state index contributed by atoms with van der Waals surface area (Å²) in [5, 5.41) is 15.8. The summed E-state index contributed by atoms with van der Waals surface area (Å²) >= 11 is 0. The Bertz CT molecular complexity index is 1260. The second kappa shape index (κ2) is 9.53. The molecule has 0 fully saturated rings. The molecule has 0 unspecified atom stereocenters. The Balaban J connectivity index is 1.82. The molecule has 0 aliphatic carbocycles. The molecule has 2 N–H and O–H groups in total. The van der Waals surface area contributed by atoms with Crippen molar-refractivity contribution < 1.29 is 24.1 Å². The van der Waals surface area contributed by atoms with E-state index in [1.165, 1.54) is 21.3 Å². The van der Waals surface area contributed by atoms with E-state index < -0.39 is 6.04 Å². The fraction of sp³-hybridized carbons (Fsp3) is 0.148. The van der Waals surface area contributed by atoms with Gasteiger partial charge in [0, 0.05) is 11.1 Å². The van der Waals surface area contributed by atoms with Crippen molar-refractivity contribution >= 4 is 16.7 Å². The molecule has 1 atom stereocenters. The highest BCUT2D eigenvalue weighted by atomic mass is 16.5. The number of aromatic hydroxyl groups is 1. The van der Waals surface area contributed by atoms with E-state index in [2.05, 4.69) is 5.32 Å². The molecule has 0 saturated heterocycles. The van der Waals surface area contributed by atoms with Gasteiger partial charge in [-0.1, -0.05) is 60.7 Å². The Morgan fingerprint density at radius 1 is 0.818 bits per heavy atom. The van der Waals surface area contributed by atoms with Crippen LogP contribution in [-0.2, 0) is 0 Å². The van der Waals surface area contributed by atoms with Crippen LogP contribution in [0.25, 0.3) is 10.8 Å². The molecule has 0 aliphatic heterocycles. The molecule has 0 heterocycles. The van der Waals surface area contributed by atoms with E-state index in [9.17, 15) is 9.90 Å². The van der Waals surface area contributed by atoms with Gasteiger partial charge in [0.2, 0.25) is 5.75 Å². The highest BCUT2D eigenvalue weighted by Gasteiger charge is 2.24. The number of amides is 1. The number of rotatable bonds is 7. The maximum atomic E-state index is 13.4. The van der Waals surface area contributed by atoms with Crippen LogP contribution in [0.5, 0.6) is 23.0 Å². The third kappa shape index (κ3) is 4.28. The van der Waals surface area contributed by atoms with E-state index in [0.717, 1.165) is 16.3 Å². The molecule has 0 bridgehead atoms. The van der Waals surface area contributed by atoms with Gasteiger partial charge in [0.25, 0.3) is 5.91 Å². The summed E-state index contributed by atoms with van der Waals surface area (Å²) in [7, 11) is 4.51. The van der Waals surface area contributed by atoms with Crippen molar-refractivity contribution in [1.29, 1.82) is 0 Å². The van der Waals surface area contributed by atoms with E-state index in [-0.39, 0.29) is 11.7 Å². The Hall–Kier alpha value is -4.19. The van der Waals surface area contributed by atoms with E-state index >= 15 is 0 Å².